The van der Waals surface area contributed by atoms with Crippen LogP contribution in [0, 0.1) is 10.1 Å². The molecular formula is C14H20N4O4S. The van der Waals surface area contributed by atoms with E-state index in [0.717, 1.165) is 12.8 Å². The van der Waals surface area contributed by atoms with Gasteiger partial charge in [-0.05, 0) is 18.9 Å². The zero-order chi connectivity index (χ0) is 16.4. The van der Waals surface area contributed by atoms with Gasteiger partial charge in [-0.2, -0.15) is 0 Å². The fourth-order valence-electron chi connectivity index (χ4n) is 3.31. The maximum Gasteiger partial charge on any atom is 0.311 e. The Morgan fingerprint density at radius 3 is 2.43 bits per heavy atom. The lowest BCUT2D eigenvalue weighted by Crippen LogP contribution is -2.50. The van der Waals surface area contributed by atoms with Crippen molar-refractivity contribution in [2.24, 2.45) is 0 Å². The Labute approximate surface area is 135 Å². The van der Waals surface area contributed by atoms with Crippen LogP contribution in [0.15, 0.2) is 18.3 Å². The van der Waals surface area contributed by atoms with Gasteiger partial charge in [0.05, 0.1) is 16.4 Å². The summed E-state index contributed by atoms with van der Waals surface area (Å²) in [5.74, 6) is 0.898. The van der Waals surface area contributed by atoms with Crippen LogP contribution in [0.4, 0.5) is 11.5 Å². The summed E-state index contributed by atoms with van der Waals surface area (Å²) in [6, 6.07) is 3.40. The molecule has 3 rings (SSSR count). The predicted molar refractivity (Wildman–Crippen MR) is 86.4 cm³/mol. The van der Waals surface area contributed by atoms with Crippen LogP contribution in [0.1, 0.15) is 12.8 Å². The third-order valence-corrected chi connectivity index (χ3v) is 6.23. The van der Waals surface area contributed by atoms with Crippen LogP contribution in [0.2, 0.25) is 0 Å². The summed E-state index contributed by atoms with van der Waals surface area (Å²) in [5.41, 5.74) is 0.0371. The van der Waals surface area contributed by atoms with Gasteiger partial charge in [-0.3, -0.25) is 15.0 Å². The number of nitrogens with zero attached hydrogens (tertiary/aromatic N) is 4. The Morgan fingerprint density at radius 1 is 1.17 bits per heavy atom. The number of piperidine rings is 1. The first-order valence-electron chi connectivity index (χ1n) is 7.75. The number of pyridine rings is 1. The van der Waals surface area contributed by atoms with Crippen molar-refractivity contribution < 1.29 is 13.3 Å². The quantitative estimate of drug-likeness (QED) is 0.590. The second-order valence-electron chi connectivity index (χ2n) is 6.01. The summed E-state index contributed by atoms with van der Waals surface area (Å²) in [6.07, 6.45) is 3.31. The average Bonchev–Trinajstić information content (AvgIpc) is 2.55. The molecule has 2 fully saturated rings. The van der Waals surface area contributed by atoms with Gasteiger partial charge in [0, 0.05) is 44.5 Å². The fraction of sp³-hybridized carbons (Fsp3) is 0.643. The molecule has 23 heavy (non-hydrogen) atoms. The molecule has 1 aromatic heterocycles. The molecule has 0 amide bonds. The highest BCUT2D eigenvalue weighted by atomic mass is 32.2. The van der Waals surface area contributed by atoms with Crippen molar-refractivity contribution in [3.05, 3.63) is 28.4 Å². The van der Waals surface area contributed by atoms with Crippen molar-refractivity contribution in [3.8, 4) is 0 Å². The summed E-state index contributed by atoms with van der Waals surface area (Å²) in [5, 5.41) is 11.1. The van der Waals surface area contributed by atoms with Crippen LogP contribution >= 0.6 is 0 Å². The second kappa shape index (κ2) is 6.40. The number of hydrogen-bond acceptors (Lipinski definition) is 7. The Bertz CT molecular complexity index is 672. The lowest BCUT2D eigenvalue weighted by atomic mass is 10.0. The Balaban J connectivity index is 1.62. The number of hydrogen-bond donors (Lipinski definition) is 0. The van der Waals surface area contributed by atoms with E-state index in [-0.39, 0.29) is 17.2 Å². The molecule has 8 nitrogen and oxygen atoms in total. The van der Waals surface area contributed by atoms with Gasteiger partial charge in [0.25, 0.3) is 0 Å². The SMILES string of the molecule is O=[N+]([O-])c1cccnc1N1CCC(N2CCS(=O)(=O)CC2)CC1. The van der Waals surface area contributed by atoms with Crippen molar-refractivity contribution in [3.63, 3.8) is 0 Å². The van der Waals surface area contributed by atoms with Crippen molar-refractivity contribution in [1.29, 1.82) is 0 Å². The van der Waals surface area contributed by atoms with Crippen molar-refractivity contribution in [1.82, 2.24) is 9.88 Å². The predicted octanol–water partition coefficient (Wildman–Crippen LogP) is 0.689. The number of aromatic nitrogens is 1. The summed E-state index contributed by atoms with van der Waals surface area (Å²) in [7, 11) is -2.86. The fourth-order valence-corrected chi connectivity index (χ4v) is 4.54. The zero-order valence-electron chi connectivity index (χ0n) is 12.8. The lowest BCUT2D eigenvalue weighted by molar-refractivity contribution is -0.384. The van der Waals surface area contributed by atoms with E-state index in [4.69, 9.17) is 0 Å². The first-order chi connectivity index (χ1) is 11.0. The van der Waals surface area contributed by atoms with Crippen molar-refractivity contribution in [2.75, 3.05) is 42.6 Å². The van der Waals surface area contributed by atoms with E-state index in [1.54, 1.807) is 12.3 Å². The molecule has 0 spiro atoms. The van der Waals surface area contributed by atoms with E-state index in [1.165, 1.54) is 6.07 Å². The van der Waals surface area contributed by atoms with Gasteiger partial charge in [0.2, 0.25) is 5.82 Å². The average molecular weight is 340 g/mol. The van der Waals surface area contributed by atoms with Crippen LogP contribution in [0.25, 0.3) is 0 Å². The third kappa shape index (κ3) is 3.61. The molecule has 2 saturated heterocycles. The molecule has 0 aliphatic carbocycles. The molecule has 1 aromatic rings. The minimum absolute atomic E-state index is 0.0371. The molecular weight excluding hydrogens is 320 g/mol. The minimum atomic E-state index is -2.86. The number of sulfone groups is 1. The smallest absolute Gasteiger partial charge is 0.311 e. The highest BCUT2D eigenvalue weighted by molar-refractivity contribution is 7.91. The summed E-state index contributed by atoms with van der Waals surface area (Å²) in [4.78, 5) is 19.1. The number of anilines is 1. The molecule has 0 atom stereocenters. The molecule has 0 N–H and O–H groups in total. The first-order valence-corrected chi connectivity index (χ1v) is 9.57. The van der Waals surface area contributed by atoms with Crippen LogP contribution < -0.4 is 4.90 Å². The molecule has 3 heterocycles. The van der Waals surface area contributed by atoms with Crippen molar-refractivity contribution >= 4 is 21.3 Å². The Hall–Kier alpha value is -1.74. The topological polar surface area (TPSA) is 96.7 Å². The van der Waals surface area contributed by atoms with Gasteiger partial charge in [-0.25, -0.2) is 13.4 Å². The van der Waals surface area contributed by atoms with E-state index in [9.17, 15) is 18.5 Å². The molecule has 2 aliphatic rings. The third-order valence-electron chi connectivity index (χ3n) is 4.62. The van der Waals surface area contributed by atoms with Gasteiger partial charge in [-0.15, -0.1) is 0 Å². The van der Waals surface area contributed by atoms with E-state index in [0.29, 0.717) is 38.0 Å². The van der Waals surface area contributed by atoms with Gasteiger partial charge in [0.15, 0.2) is 9.84 Å². The number of nitro groups is 1. The maximum absolute atomic E-state index is 11.5. The molecule has 0 radical (unpaired) electrons. The normalized spacial score (nSPS) is 22.9. The highest BCUT2D eigenvalue weighted by Gasteiger charge is 2.31. The lowest BCUT2D eigenvalue weighted by Gasteiger charge is -2.40. The van der Waals surface area contributed by atoms with E-state index < -0.39 is 14.8 Å². The van der Waals surface area contributed by atoms with Gasteiger partial charge in [-0.1, -0.05) is 0 Å². The Morgan fingerprint density at radius 2 is 1.83 bits per heavy atom. The molecule has 2 aliphatic heterocycles. The molecule has 0 bridgehead atoms. The van der Waals surface area contributed by atoms with Crippen molar-refractivity contribution in [2.45, 2.75) is 18.9 Å². The van der Waals surface area contributed by atoms with Crippen LogP contribution in [0.5, 0.6) is 0 Å². The van der Waals surface area contributed by atoms with Gasteiger partial charge >= 0.3 is 5.69 Å². The molecule has 0 unspecified atom stereocenters. The highest BCUT2D eigenvalue weighted by Crippen LogP contribution is 2.28. The van der Waals surface area contributed by atoms with E-state index >= 15 is 0 Å². The molecule has 0 saturated carbocycles. The molecule has 9 heteroatoms. The standard InChI is InChI=1S/C14H20N4O4S/c19-18(20)13-2-1-5-15-14(13)17-6-3-12(4-7-17)16-8-10-23(21,22)11-9-16/h1-2,5,12H,3-4,6-11H2. The van der Waals surface area contributed by atoms with E-state index in [1.807, 2.05) is 4.90 Å². The Kier molecular flexibility index (Phi) is 4.49. The van der Waals surface area contributed by atoms with Crippen LogP contribution in [-0.2, 0) is 9.84 Å². The maximum atomic E-state index is 11.5. The van der Waals surface area contributed by atoms with Crippen LogP contribution in [-0.4, -0.2) is 67.0 Å². The minimum Gasteiger partial charge on any atom is -0.351 e. The summed E-state index contributed by atoms with van der Waals surface area (Å²) >= 11 is 0. The summed E-state index contributed by atoms with van der Waals surface area (Å²) in [6.45, 7) is 2.59. The van der Waals surface area contributed by atoms with Gasteiger partial charge in [0.1, 0.15) is 0 Å². The monoisotopic (exact) mass is 340 g/mol. The largest absolute Gasteiger partial charge is 0.351 e. The molecule has 126 valence electrons. The second-order valence-corrected chi connectivity index (χ2v) is 8.31. The van der Waals surface area contributed by atoms with Crippen LogP contribution in [0.3, 0.4) is 0 Å². The zero-order valence-corrected chi connectivity index (χ0v) is 13.6. The van der Waals surface area contributed by atoms with E-state index in [2.05, 4.69) is 9.88 Å². The summed E-state index contributed by atoms with van der Waals surface area (Å²) < 4.78 is 23.0. The molecule has 0 aromatic carbocycles. The first kappa shape index (κ1) is 16.1. The van der Waals surface area contributed by atoms with Gasteiger partial charge < -0.3 is 4.90 Å². The number of rotatable bonds is 3.